The van der Waals surface area contributed by atoms with Gasteiger partial charge in [0.1, 0.15) is 5.82 Å². The van der Waals surface area contributed by atoms with E-state index in [1.165, 1.54) is 0 Å². The molecule has 1 aromatic carbocycles. The Morgan fingerprint density at radius 2 is 2.00 bits per heavy atom. The number of nitrogens with one attached hydrogen (secondary N) is 2. The molecule has 5 heteroatoms. The summed E-state index contributed by atoms with van der Waals surface area (Å²) < 4.78 is 0. The van der Waals surface area contributed by atoms with E-state index in [1.54, 1.807) is 0 Å². The lowest BCUT2D eigenvalue weighted by Crippen LogP contribution is -2.09. The average molecular weight is 305 g/mol. The van der Waals surface area contributed by atoms with Gasteiger partial charge in [-0.1, -0.05) is 31.5 Å². The zero-order valence-corrected chi connectivity index (χ0v) is 13.4. The van der Waals surface area contributed by atoms with Crippen molar-refractivity contribution in [1.82, 2.24) is 9.97 Å². The number of hydrogen-bond acceptors (Lipinski definition) is 4. The molecule has 0 aliphatic rings. The van der Waals surface area contributed by atoms with E-state index in [1.807, 2.05) is 37.3 Å². The van der Waals surface area contributed by atoms with Crippen molar-refractivity contribution in [3.63, 3.8) is 0 Å². The summed E-state index contributed by atoms with van der Waals surface area (Å²) in [6, 6.07) is 9.48. The van der Waals surface area contributed by atoms with Crippen LogP contribution >= 0.6 is 11.6 Å². The van der Waals surface area contributed by atoms with E-state index in [4.69, 9.17) is 11.6 Å². The summed E-state index contributed by atoms with van der Waals surface area (Å²) in [5.41, 5.74) is 1.83. The number of hydrogen-bond donors (Lipinski definition) is 2. The molecule has 112 valence electrons. The van der Waals surface area contributed by atoms with Crippen LogP contribution in [0.5, 0.6) is 0 Å². The van der Waals surface area contributed by atoms with Crippen LogP contribution in [-0.4, -0.2) is 16.5 Å². The van der Waals surface area contributed by atoms with Crippen LogP contribution in [0, 0.1) is 12.8 Å². The maximum absolute atomic E-state index is 5.99. The van der Waals surface area contributed by atoms with Crippen LogP contribution in [0.25, 0.3) is 0 Å². The largest absolute Gasteiger partial charge is 0.354 e. The summed E-state index contributed by atoms with van der Waals surface area (Å²) in [5, 5.41) is 7.21. The Bertz CT molecular complexity index is 599. The normalized spacial score (nSPS) is 10.7. The highest BCUT2D eigenvalue weighted by atomic mass is 35.5. The highest BCUT2D eigenvalue weighted by molar-refractivity contribution is 6.30. The van der Waals surface area contributed by atoms with Crippen LogP contribution < -0.4 is 10.6 Å². The summed E-state index contributed by atoms with van der Waals surface area (Å²) in [5.74, 6) is 2.07. The second kappa shape index (κ2) is 7.27. The van der Waals surface area contributed by atoms with Gasteiger partial charge < -0.3 is 10.6 Å². The van der Waals surface area contributed by atoms with Crippen LogP contribution in [0.3, 0.4) is 0 Å². The molecule has 0 fully saturated rings. The maximum atomic E-state index is 5.99. The van der Waals surface area contributed by atoms with Gasteiger partial charge in [0, 0.05) is 29.0 Å². The fraction of sp³-hybridized carbons (Fsp3) is 0.375. The Kier molecular flexibility index (Phi) is 5.39. The van der Waals surface area contributed by atoms with Crippen molar-refractivity contribution in [3.05, 3.63) is 41.0 Å². The molecule has 0 amide bonds. The molecule has 0 aliphatic carbocycles. The summed E-state index contributed by atoms with van der Waals surface area (Å²) in [7, 11) is 0. The van der Waals surface area contributed by atoms with Crippen LogP contribution in [-0.2, 0) is 0 Å². The van der Waals surface area contributed by atoms with Crippen molar-refractivity contribution < 1.29 is 0 Å². The van der Waals surface area contributed by atoms with E-state index in [2.05, 4.69) is 34.4 Å². The third kappa shape index (κ3) is 5.23. The molecule has 1 heterocycles. The predicted molar refractivity (Wildman–Crippen MR) is 89.4 cm³/mol. The molecular formula is C16H21ClN4. The van der Waals surface area contributed by atoms with Crippen LogP contribution in [0.4, 0.5) is 17.5 Å². The number of aryl methyl sites for hydroxylation is 1. The second-order valence-electron chi connectivity index (χ2n) is 5.46. The molecule has 1 aromatic heterocycles. The minimum atomic E-state index is 0.653. The Morgan fingerprint density at radius 1 is 1.19 bits per heavy atom. The molecule has 2 rings (SSSR count). The molecule has 0 aliphatic heterocycles. The van der Waals surface area contributed by atoms with Gasteiger partial charge in [-0.15, -0.1) is 0 Å². The molecule has 0 radical (unpaired) electrons. The average Bonchev–Trinajstić information content (AvgIpc) is 2.37. The molecule has 0 atom stereocenters. The molecule has 0 saturated carbocycles. The topological polar surface area (TPSA) is 49.8 Å². The smallest absolute Gasteiger partial charge is 0.224 e. The molecule has 2 aromatic rings. The van der Waals surface area contributed by atoms with Crippen LogP contribution in [0.15, 0.2) is 30.3 Å². The minimum Gasteiger partial charge on any atom is -0.354 e. The molecular weight excluding hydrogens is 284 g/mol. The minimum absolute atomic E-state index is 0.653. The van der Waals surface area contributed by atoms with E-state index in [9.17, 15) is 0 Å². The monoisotopic (exact) mass is 304 g/mol. The Hall–Kier alpha value is -1.81. The lowest BCUT2D eigenvalue weighted by Gasteiger charge is -2.11. The summed E-state index contributed by atoms with van der Waals surface area (Å²) in [6.45, 7) is 7.23. The number of benzene rings is 1. The number of aromatic nitrogens is 2. The first-order chi connectivity index (χ1) is 10.0. The van der Waals surface area contributed by atoms with Gasteiger partial charge in [-0.05, 0) is 37.5 Å². The lowest BCUT2D eigenvalue weighted by atomic mass is 10.1. The van der Waals surface area contributed by atoms with Crippen molar-refractivity contribution in [3.8, 4) is 0 Å². The van der Waals surface area contributed by atoms with Crippen molar-refractivity contribution >= 4 is 29.1 Å². The van der Waals surface area contributed by atoms with Gasteiger partial charge in [-0.3, -0.25) is 0 Å². The summed E-state index contributed by atoms with van der Waals surface area (Å²) in [6.07, 6.45) is 1.09. The predicted octanol–water partition coefficient (Wildman–Crippen LogP) is 4.64. The zero-order chi connectivity index (χ0) is 15.2. The van der Waals surface area contributed by atoms with Crippen molar-refractivity contribution in [1.29, 1.82) is 0 Å². The van der Waals surface area contributed by atoms with Gasteiger partial charge in [0.25, 0.3) is 0 Å². The van der Waals surface area contributed by atoms with E-state index in [0.29, 0.717) is 16.9 Å². The second-order valence-corrected chi connectivity index (χ2v) is 5.90. The first kappa shape index (κ1) is 15.6. The SMILES string of the molecule is Cc1cc(Nc2cccc(Cl)c2)nc(NCCC(C)C)n1. The number of nitrogens with zero attached hydrogens (tertiary/aromatic N) is 2. The number of rotatable bonds is 6. The van der Waals surface area contributed by atoms with Gasteiger partial charge in [0.2, 0.25) is 5.95 Å². The highest BCUT2D eigenvalue weighted by Crippen LogP contribution is 2.20. The maximum Gasteiger partial charge on any atom is 0.224 e. The van der Waals surface area contributed by atoms with Crippen LogP contribution in [0.1, 0.15) is 26.0 Å². The Labute approximate surface area is 131 Å². The van der Waals surface area contributed by atoms with E-state index in [0.717, 1.165) is 30.2 Å². The van der Waals surface area contributed by atoms with Gasteiger partial charge in [-0.2, -0.15) is 4.98 Å². The summed E-state index contributed by atoms with van der Waals surface area (Å²) >= 11 is 5.99. The fourth-order valence-electron chi connectivity index (χ4n) is 1.90. The molecule has 2 N–H and O–H groups in total. The van der Waals surface area contributed by atoms with Crippen molar-refractivity contribution in [2.75, 3.05) is 17.2 Å². The fourth-order valence-corrected chi connectivity index (χ4v) is 2.09. The van der Waals surface area contributed by atoms with Crippen molar-refractivity contribution in [2.45, 2.75) is 27.2 Å². The molecule has 0 spiro atoms. The molecule has 4 nitrogen and oxygen atoms in total. The lowest BCUT2D eigenvalue weighted by molar-refractivity contribution is 0.606. The number of anilines is 3. The quantitative estimate of drug-likeness (QED) is 0.816. The standard InChI is InChI=1S/C16H21ClN4/c1-11(2)7-8-18-16-19-12(3)9-15(21-16)20-14-6-4-5-13(17)10-14/h4-6,9-11H,7-8H2,1-3H3,(H2,18,19,20,21). The van der Waals surface area contributed by atoms with Crippen molar-refractivity contribution in [2.24, 2.45) is 5.92 Å². The van der Waals surface area contributed by atoms with E-state index >= 15 is 0 Å². The molecule has 0 saturated heterocycles. The highest BCUT2D eigenvalue weighted by Gasteiger charge is 2.03. The first-order valence-corrected chi connectivity index (χ1v) is 7.53. The van der Waals surface area contributed by atoms with Gasteiger partial charge in [0.05, 0.1) is 0 Å². The number of halogens is 1. The third-order valence-corrected chi connectivity index (χ3v) is 3.19. The van der Waals surface area contributed by atoms with Gasteiger partial charge in [0.15, 0.2) is 0 Å². The van der Waals surface area contributed by atoms with E-state index < -0.39 is 0 Å². The summed E-state index contributed by atoms with van der Waals surface area (Å²) in [4.78, 5) is 8.88. The molecule has 21 heavy (non-hydrogen) atoms. The first-order valence-electron chi connectivity index (χ1n) is 7.15. The third-order valence-electron chi connectivity index (χ3n) is 2.96. The molecule has 0 unspecified atom stereocenters. The van der Waals surface area contributed by atoms with Gasteiger partial charge in [-0.25, -0.2) is 4.98 Å². The Morgan fingerprint density at radius 3 is 2.71 bits per heavy atom. The molecule has 0 bridgehead atoms. The Balaban J connectivity index is 2.07. The van der Waals surface area contributed by atoms with Crippen LogP contribution in [0.2, 0.25) is 5.02 Å². The zero-order valence-electron chi connectivity index (χ0n) is 12.7. The van der Waals surface area contributed by atoms with Gasteiger partial charge >= 0.3 is 0 Å². The van der Waals surface area contributed by atoms with E-state index in [-0.39, 0.29) is 0 Å².